The third kappa shape index (κ3) is 3.97. The maximum Gasteiger partial charge on any atom is 0.426 e. The number of allylic oxidation sites excluding steroid dienone is 2. The zero-order valence-electron chi connectivity index (χ0n) is 15.8. The molecule has 1 aliphatic carbocycles. The molecule has 0 bridgehead atoms. The fraction of sp³-hybridized carbons (Fsp3) is 0.381. The zero-order valence-corrected chi connectivity index (χ0v) is 16.5. The Bertz CT molecular complexity index is 901. The minimum atomic E-state index is -4.61. The second kappa shape index (κ2) is 7.32. The highest BCUT2D eigenvalue weighted by Gasteiger charge is 2.62. The molecular weight excluding hydrogens is 391 g/mol. The van der Waals surface area contributed by atoms with Crippen molar-refractivity contribution in [2.24, 2.45) is 17.3 Å². The van der Waals surface area contributed by atoms with E-state index in [0.717, 1.165) is 22.9 Å². The van der Waals surface area contributed by atoms with Gasteiger partial charge in [-0.2, -0.15) is 13.2 Å². The number of esters is 1. The molecule has 2 aromatic rings. The Labute approximate surface area is 166 Å². The van der Waals surface area contributed by atoms with E-state index in [2.05, 4.69) is 0 Å². The van der Waals surface area contributed by atoms with Crippen LogP contribution in [0.4, 0.5) is 13.2 Å². The van der Waals surface area contributed by atoms with Crippen molar-refractivity contribution < 1.29 is 22.7 Å². The second-order valence-corrected chi connectivity index (χ2v) is 8.00. The molecule has 0 saturated heterocycles. The molecule has 150 valence electrons. The van der Waals surface area contributed by atoms with Gasteiger partial charge >= 0.3 is 12.1 Å². The van der Waals surface area contributed by atoms with Crippen LogP contribution in [0.1, 0.15) is 25.0 Å². The van der Waals surface area contributed by atoms with Crippen molar-refractivity contribution in [1.82, 2.24) is 4.57 Å². The molecule has 0 spiro atoms. The maximum atomic E-state index is 12.7. The molecule has 1 aromatic heterocycles. The summed E-state index contributed by atoms with van der Waals surface area (Å²) in [6.07, 6.45) is 0.161. The molecule has 28 heavy (non-hydrogen) atoms. The molecule has 0 N–H and O–H groups in total. The van der Waals surface area contributed by atoms with Crippen LogP contribution >= 0.6 is 11.6 Å². The zero-order chi connectivity index (χ0) is 20.7. The van der Waals surface area contributed by atoms with Gasteiger partial charge in [0.05, 0.1) is 5.92 Å². The van der Waals surface area contributed by atoms with Gasteiger partial charge in [-0.15, -0.1) is 0 Å². The predicted molar refractivity (Wildman–Crippen MR) is 101 cm³/mol. The first-order valence-electron chi connectivity index (χ1n) is 8.86. The Hall–Kier alpha value is -2.21. The Morgan fingerprint density at radius 3 is 2.50 bits per heavy atom. The first-order valence-corrected chi connectivity index (χ1v) is 9.24. The Morgan fingerprint density at radius 2 is 1.89 bits per heavy atom. The lowest BCUT2D eigenvalue weighted by Crippen LogP contribution is -2.12. The minimum Gasteiger partial charge on any atom is -0.461 e. The van der Waals surface area contributed by atoms with Crippen molar-refractivity contribution in [3.05, 3.63) is 65.0 Å². The summed E-state index contributed by atoms with van der Waals surface area (Å²) in [5.41, 5.74) is 2.17. The quantitative estimate of drug-likeness (QED) is 0.583. The van der Waals surface area contributed by atoms with Crippen LogP contribution in [0.25, 0.3) is 5.69 Å². The molecule has 3 rings (SSSR count). The average Bonchev–Trinajstić information content (AvgIpc) is 2.98. The van der Waals surface area contributed by atoms with E-state index >= 15 is 0 Å². The fourth-order valence-corrected chi connectivity index (χ4v) is 3.67. The Morgan fingerprint density at radius 1 is 1.25 bits per heavy atom. The molecule has 3 nitrogen and oxygen atoms in total. The standard InChI is InChI=1S/C21H21ClF3NO2/c1-13-14(7-6-8-16(13)26-9-4-5-10-26)12-28-19(27)18-15(20(18,2)3)11-17(22)21(23,24)25/h4-11,15,18H,12H2,1-3H3/b17-11-. The molecular formula is C21H21ClF3NO2. The van der Waals surface area contributed by atoms with E-state index in [9.17, 15) is 18.0 Å². The molecule has 1 aliphatic rings. The van der Waals surface area contributed by atoms with Crippen LogP contribution in [0.3, 0.4) is 0 Å². The van der Waals surface area contributed by atoms with Gasteiger partial charge in [-0.05, 0) is 47.6 Å². The second-order valence-electron chi connectivity index (χ2n) is 7.60. The molecule has 0 radical (unpaired) electrons. The number of carbonyl (C=O) groups excluding carboxylic acids is 1. The Balaban J connectivity index is 1.69. The molecule has 1 fully saturated rings. The third-order valence-electron chi connectivity index (χ3n) is 5.43. The topological polar surface area (TPSA) is 31.2 Å². The first-order chi connectivity index (χ1) is 13.0. The molecule has 7 heteroatoms. The number of benzene rings is 1. The van der Waals surface area contributed by atoms with Gasteiger partial charge in [0.2, 0.25) is 0 Å². The summed E-state index contributed by atoms with van der Waals surface area (Å²) < 4.78 is 45.4. The Kier molecular flexibility index (Phi) is 5.36. The van der Waals surface area contributed by atoms with Crippen molar-refractivity contribution in [3.8, 4) is 5.69 Å². The number of ether oxygens (including phenoxy) is 1. The molecule has 2 unspecified atom stereocenters. The number of nitrogens with zero attached hydrogens (tertiary/aromatic N) is 1. The number of carbonyl (C=O) groups is 1. The van der Waals surface area contributed by atoms with E-state index in [1.165, 1.54) is 0 Å². The summed E-state index contributed by atoms with van der Waals surface area (Å²) >= 11 is 5.33. The molecule has 2 atom stereocenters. The lowest BCUT2D eigenvalue weighted by molar-refractivity contribution is -0.147. The highest BCUT2D eigenvalue weighted by Crippen LogP contribution is 2.60. The van der Waals surface area contributed by atoms with Gasteiger partial charge in [-0.1, -0.05) is 43.7 Å². The molecule has 1 saturated carbocycles. The average molecular weight is 412 g/mol. The van der Waals surface area contributed by atoms with Gasteiger partial charge < -0.3 is 9.30 Å². The lowest BCUT2D eigenvalue weighted by atomic mass is 10.1. The van der Waals surface area contributed by atoms with E-state index in [1.54, 1.807) is 13.8 Å². The fourth-order valence-electron chi connectivity index (χ4n) is 3.53. The molecule has 1 heterocycles. The van der Waals surface area contributed by atoms with Gasteiger partial charge in [-0.3, -0.25) is 4.79 Å². The van der Waals surface area contributed by atoms with E-state index in [0.29, 0.717) is 0 Å². The number of halogens is 4. The number of alkyl halides is 3. The predicted octanol–water partition coefficient (Wildman–Crippen LogP) is 5.79. The van der Waals surface area contributed by atoms with Crippen LogP contribution < -0.4 is 0 Å². The van der Waals surface area contributed by atoms with Crippen LogP contribution in [-0.2, 0) is 16.1 Å². The largest absolute Gasteiger partial charge is 0.461 e. The van der Waals surface area contributed by atoms with Crippen LogP contribution in [0.5, 0.6) is 0 Å². The van der Waals surface area contributed by atoms with Crippen LogP contribution in [-0.4, -0.2) is 16.7 Å². The van der Waals surface area contributed by atoms with E-state index in [4.69, 9.17) is 16.3 Å². The van der Waals surface area contributed by atoms with E-state index in [1.807, 2.05) is 54.2 Å². The molecule has 0 aliphatic heterocycles. The van der Waals surface area contributed by atoms with Crippen LogP contribution in [0, 0.1) is 24.2 Å². The van der Waals surface area contributed by atoms with Crippen LogP contribution in [0.2, 0.25) is 0 Å². The SMILES string of the molecule is Cc1c(COC(=O)C2C(/C=C(\Cl)C(F)(F)F)C2(C)C)cccc1-n1cccc1. The molecule has 1 aromatic carbocycles. The summed E-state index contributed by atoms with van der Waals surface area (Å²) in [5, 5.41) is -1.20. The van der Waals surface area contributed by atoms with Crippen molar-refractivity contribution in [1.29, 1.82) is 0 Å². The number of rotatable bonds is 5. The monoisotopic (exact) mass is 411 g/mol. The van der Waals surface area contributed by atoms with Crippen molar-refractivity contribution in [3.63, 3.8) is 0 Å². The summed E-state index contributed by atoms with van der Waals surface area (Å²) in [7, 11) is 0. The number of hydrogen-bond acceptors (Lipinski definition) is 2. The summed E-state index contributed by atoms with van der Waals surface area (Å²) in [6, 6.07) is 9.54. The number of hydrogen-bond donors (Lipinski definition) is 0. The third-order valence-corrected chi connectivity index (χ3v) is 5.77. The first kappa shape index (κ1) is 20.5. The summed E-state index contributed by atoms with van der Waals surface area (Å²) in [5.74, 6) is -1.75. The smallest absolute Gasteiger partial charge is 0.426 e. The van der Waals surface area contributed by atoms with Gasteiger partial charge in [0, 0.05) is 18.1 Å². The van der Waals surface area contributed by atoms with Gasteiger partial charge in [0.1, 0.15) is 11.6 Å². The van der Waals surface area contributed by atoms with E-state index in [-0.39, 0.29) is 6.61 Å². The highest BCUT2D eigenvalue weighted by atomic mass is 35.5. The maximum absolute atomic E-state index is 12.7. The van der Waals surface area contributed by atoms with Gasteiger partial charge in [0.15, 0.2) is 0 Å². The van der Waals surface area contributed by atoms with Crippen molar-refractivity contribution in [2.45, 2.75) is 33.6 Å². The van der Waals surface area contributed by atoms with Crippen LogP contribution in [0.15, 0.2) is 53.8 Å². The van der Waals surface area contributed by atoms with Crippen molar-refractivity contribution >= 4 is 17.6 Å². The summed E-state index contributed by atoms with van der Waals surface area (Å²) in [6.45, 7) is 5.47. The van der Waals surface area contributed by atoms with Gasteiger partial charge in [0.25, 0.3) is 0 Å². The van der Waals surface area contributed by atoms with Crippen molar-refractivity contribution in [2.75, 3.05) is 0 Å². The summed E-state index contributed by atoms with van der Waals surface area (Å²) in [4.78, 5) is 12.5. The van der Waals surface area contributed by atoms with E-state index < -0.39 is 34.4 Å². The highest BCUT2D eigenvalue weighted by molar-refractivity contribution is 6.30. The lowest BCUT2D eigenvalue weighted by Gasteiger charge is -2.13. The normalized spacial score (nSPS) is 21.5. The minimum absolute atomic E-state index is 0.0653. The van der Waals surface area contributed by atoms with Gasteiger partial charge in [-0.25, -0.2) is 0 Å². The number of aromatic nitrogens is 1. The molecule has 0 amide bonds.